The van der Waals surface area contributed by atoms with E-state index in [1.807, 2.05) is 24.3 Å². The zero-order valence-corrected chi connectivity index (χ0v) is 12.4. The Hall–Kier alpha value is -2.07. The number of halogens is 1. The Bertz CT molecular complexity index is 666. The van der Waals surface area contributed by atoms with E-state index in [2.05, 4.69) is 10.3 Å². The van der Waals surface area contributed by atoms with E-state index < -0.39 is 5.41 Å². The van der Waals surface area contributed by atoms with Crippen molar-refractivity contribution in [1.82, 2.24) is 4.98 Å². The number of anilines is 1. The largest absolute Gasteiger partial charge is 0.481 e. The Labute approximate surface area is 128 Å². The highest BCUT2D eigenvalue weighted by atomic mass is 35.5. The average Bonchev–Trinajstić information content (AvgIpc) is 3.30. The van der Waals surface area contributed by atoms with Crippen molar-refractivity contribution < 1.29 is 9.53 Å². The first-order valence-corrected chi connectivity index (χ1v) is 7.09. The van der Waals surface area contributed by atoms with Gasteiger partial charge in [-0.3, -0.25) is 4.79 Å². The maximum Gasteiger partial charge on any atom is 0.235 e. The van der Waals surface area contributed by atoms with Crippen LogP contribution in [-0.2, 0) is 10.2 Å². The van der Waals surface area contributed by atoms with Crippen molar-refractivity contribution in [1.29, 1.82) is 0 Å². The molecule has 1 amide bonds. The number of carbonyl (C=O) groups is 1. The zero-order chi connectivity index (χ0) is 14.9. The van der Waals surface area contributed by atoms with Crippen molar-refractivity contribution >= 4 is 23.2 Å². The molecule has 1 saturated carbocycles. The van der Waals surface area contributed by atoms with Crippen LogP contribution in [0.4, 0.5) is 5.69 Å². The fraction of sp³-hybridized carbons (Fsp3) is 0.250. The third-order valence-corrected chi connectivity index (χ3v) is 4.00. The average molecular weight is 303 g/mol. The van der Waals surface area contributed by atoms with Crippen LogP contribution in [0.2, 0.25) is 5.02 Å². The number of ether oxygens (including phenoxy) is 1. The van der Waals surface area contributed by atoms with Crippen molar-refractivity contribution in [3.05, 3.63) is 53.2 Å². The van der Waals surface area contributed by atoms with Crippen LogP contribution in [0.25, 0.3) is 0 Å². The number of amides is 1. The summed E-state index contributed by atoms with van der Waals surface area (Å²) in [6.45, 7) is 0. The topological polar surface area (TPSA) is 51.2 Å². The molecule has 4 nitrogen and oxygen atoms in total. The molecule has 2 aromatic rings. The van der Waals surface area contributed by atoms with Gasteiger partial charge >= 0.3 is 0 Å². The molecule has 0 spiro atoms. The highest BCUT2D eigenvalue weighted by molar-refractivity contribution is 6.30. The second-order valence-electron chi connectivity index (χ2n) is 5.14. The van der Waals surface area contributed by atoms with Gasteiger partial charge in [0.15, 0.2) is 0 Å². The minimum absolute atomic E-state index is 0.0169. The van der Waals surface area contributed by atoms with Crippen molar-refractivity contribution in [2.24, 2.45) is 0 Å². The summed E-state index contributed by atoms with van der Waals surface area (Å²) >= 11 is 6.02. The van der Waals surface area contributed by atoms with Crippen LogP contribution in [-0.4, -0.2) is 18.0 Å². The highest BCUT2D eigenvalue weighted by Gasteiger charge is 2.51. The maximum atomic E-state index is 12.5. The zero-order valence-electron chi connectivity index (χ0n) is 11.6. The Kier molecular flexibility index (Phi) is 3.55. The van der Waals surface area contributed by atoms with Gasteiger partial charge in [-0.1, -0.05) is 23.7 Å². The normalized spacial score (nSPS) is 15.3. The molecule has 0 saturated heterocycles. The highest BCUT2D eigenvalue weighted by Crippen LogP contribution is 2.49. The minimum atomic E-state index is -0.454. The van der Waals surface area contributed by atoms with Gasteiger partial charge in [0.2, 0.25) is 11.8 Å². The molecule has 5 heteroatoms. The maximum absolute atomic E-state index is 12.5. The van der Waals surface area contributed by atoms with Crippen LogP contribution in [0.15, 0.2) is 42.6 Å². The first-order chi connectivity index (χ1) is 10.1. The second kappa shape index (κ2) is 5.37. The molecule has 1 aromatic heterocycles. The van der Waals surface area contributed by atoms with Crippen LogP contribution in [0.3, 0.4) is 0 Å². The quantitative estimate of drug-likeness (QED) is 0.941. The van der Waals surface area contributed by atoms with Crippen molar-refractivity contribution in [2.75, 3.05) is 12.4 Å². The molecule has 1 N–H and O–H groups in total. The lowest BCUT2D eigenvalue weighted by Gasteiger charge is -2.16. The molecule has 0 unspecified atom stereocenters. The van der Waals surface area contributed by atoms with Gasteiger partial charge in [0.05, 0.1) is 24.4 Å². The molecule has 3 rings (SSSR count). The number of rotatable bonds is 4. The lowest BCUT2D eigenvalue weighted by molar-refractivity contribution is -0.118. The summed E-state index contributed by atoms with van der Waals surface area (Å²) < 4.78 is 5.00. The van der Waals surface area contributed by atoms with E-state index in [1.54, 1.807) is 25.4 Å². The number of hydrogen-bond acceptors (Lipinski definition) is 3. The van der Waals surface area contributed by atoms with Crippen LogP contribution < -0.4 is 10.1 Å². The van der Waals surface area contributed by atoms with Crippen LogP contribution in [0, 0.1) is 0 Å². The number of aromatic nitrogens is 1. The monoisotopic (exact) mass is 302 g/mol. The lowest BCUT2D eigenvalue weighted by Crippen LogP contribution is -2.27. The fourth-order valence-corrected chi connectivity index (χ4v) is 2.57. The van der Waals surface area contributed by atoms with Crippen molar-refractivity contribution in [2.45, 2.75) is 18.3 Å². The minimum Gasteiger partial charge on any atom is -0.481 e. The van der Waals surface area contributed by atoms with Gasteiger partial charge in [0.1, 0.15) is 0 Å². The smallest absolute Gasteiger partial charge is 0.235 e. The van der Waals surface area contributed by atoms with E-state index >= 15 is 0 Å². The SMILES string of the molecule is COc1ccc(NC(=O)C2(c3cccc(Cl)c3)CC2)cn1. The summed E-state index contributed by atoms with van der Waals surface area (Å²) in [6.07, 6.45) is 3.26. The van der Waals surface area contributed by atoms with E-state index in [0.717, 1.165) is 18.4 Å². The van der Waals surface area contributed by atoms with Gasteiger partial charge in [0.25, 0.3) is 0 Å². The van der Waals surface area contributed by atoms with Gasteiger partial charge in [0, 0.05) is 11.1 Å². The van der Waals surface area contributed by atoms with E-state index in [1.165, 1.54) is 0 Å². The number of benzene rings is 1. The van der Waals surface area contributed by atoms with E-state index in [-0.39, 0.29) is 5.91 Å². The van der Waals surface area contributed by atoms with Gasteiger partial charge < -0.3 is 10.1 Å². The Morgan fingerprint density at radius 3 is 2.71 bits per heavy atom. The fourth-order valence-electron chi connectivity index (χ4n) is 2.38. The molecule has 1 aliphatic rings. The summed E-state index contributed by atoms with van der Waals surface area (Å²) in [4.78, 5) is 16.6. The van der Waals surface area contributed by atoms with Crippen LogP contribution >= 0.6 is 11.6 Å². The van der Waals surface area contributed by atoms with Gasteiger partial charge in [-0.2, -0.15) is 0 Å². The molecule has 0 aliphatic heterocycles. The first-order valence-electron chi connectivity index (χ1n) is 6.72. The molecule has 1 aliphatic carbocycles. The van der Waals surface area contributed by atoms with Gasteiger partial charge in [-0.15, -0.1) is 0 Å². The summed E-state index contributed by atoms with van der Waals surface area (Å²) in [7, 11) is 1.55. The van der Waals surface area contributed by atoms with Crippen LogP contribution in [0.5, 0.6) is 5.88 Å². The van der Waals surface area contributed by atoms with Crippen molar-refractivity contribution in [3.8, 4) is 5.88 Å². The Morgan fingerprint density at radius 2 is 2.14 bits per heavy atom. The Morgan fingerprint density at radius 1 is 1.33 bits per heavy atom. The molecule has 0 atom stereocenters. The van der Waals surface area contributed by atoms with Gasteiger partial charge in [-0.25, -0.2) is 4.98 Å². The van der Waals surface area contributed by atoms with E-state index in [4.69, 9.17) is 16.3 Å². The number of methoxy groups -OCH3 is 1. The summed E-state index contributed by atoms with van der Waals surface area (Å²) in [6, 6.07) is 11.0. The molecule has 1 heterocycles. The van der Waals surface area contributed by atoms with Gasteiger partial charge in [-0.05, 0) is 36.6 Å². The van der Waals surface area contributed by atoms with E-state index in [9.17, 15) is 4.79 Å². The molecule has 0 radical (unpaired) electrons. The number of hydrogen-bond donors (Lipinski definition) is 1. The molecule has 108 valence electrons. The molecule has 0 bridgehead atoms. The first kappa shape index (κ1) is 13.9. The summed E-state index contributed by atoms with van der Waals surface area (Å²) in [5, 5.41) is 3.56. The lowest BCUT2D eigenvalue weighted by atomic mass is 9.95. The molecule has 21 heavy (non-hydrogen) atoms. The number of carbonyl (C=O) groups excluding carboxylic acids is 1. The molecule has 1 aromatic carbocycles. The van der Waals surface area contributed by atoms with E-state index in [0.29, 0.717) is 16.6 Å². The standard InChI is InChI=1S/C16H15ClN2O2/c1-21-14-6-5-13(10-18-14)19-15(20)16(7-8-16)11-3-2-4-12(17)9-11/h2-6,9-10H,7-8H2,1H3,(H,19,20). The Balaban J connectivity index is 1.78. The predicted molar refractivity (Wildman–Crippen MR) is 81.8 cm³/mol. The summed E-state index contributed by atoms with van der Waals surface area (Å²) in [5.74, 6) is 0.501. The van der Waals surface area contributed by atoms with Crippen LogP contribution in [0.1, 0.15) is 18.4 Å². The van der Waals surface area contributed by atoms with Crippen molar-refractivity contribution in [3.63, 3.8) is 0 Å². The third-order valence-electron chi connectivity index (χ3n) is 3.77. The summed E-state index contributed by atoms with van der Waals surface area (Å²) in [5.41, 5.74) is 1.17. The third kappa shape index (κ3) is 2.72. The predicted octanol–water partition coefficient (Wildman–Crippen LogP) is 3.41. The number of nitrogens with zero attached hydrogens (tertiary/aromatic N) is 1. The number of nitrogens with one attached hydrogen (secondary N) is 1. The molecular formula is C16H15ClN2O2. The second-order valence-corrected chi connectivity index (χ2v) is 5.57. The molecule has 1 fully saturated rings. The number of pyridine rings is 1. The molecular weight excluding hydrogens is 288 g/mol.